The quantitative estimate of drug-likeness (QED) is 0.265. The molecule has 1 atom stereocenters. The predicted molar refractivity (Wildman–Crippen MR) is 78.8 cm³/mol. The highest BCUT2D eigenvalue weighted by Gasteiger charge is 2.21. The van der Waals surface area contributed by atoms with Gasteiger partial charge in [0.05, 0.1) is 10.4 Å². The molecule has 0 spiro atoms. The van der Waals surface area contributed by atoms with Crippen LogP contribution in [0.4, 0.5) is 0 Å². The zero-order valence-corrected chi connectivity index (χ0v) is 13.6. The Hall–Kier alpha value is 0.690. The normalized spacial score (nSPS) is 14.8. The molecule has 18 heavy (non-hydrogen) atoms. The van der Waals surface area contributed by atoms with Crippen molar-refractivity contribution in [1.82, 2.24) is 0 Å². The van der Waals surface area contributed by atoms with Crippen molar-refractivity contribution in [2.75, 3.05) is 0 Å². The summed E-state index contributed by atoms with van der Waals surface area (Å²) in [7, 11) is 0. The fourth-order valence-electron chi connectivity index (χ4n) is 0.910. The van der Waals surface area contributed by atoms with E-state index in [2.05, 4.69) is 11.3 Å². The number of rotatable bonds is 6. The first-order valence-corrected chi connectivity index (χ1v) is 7.10. The molecule has 0 rings (SSSR count). The number of ether oxygens (including phenoxy) is 1. The van der Waals surface area contributed by atoms with E-state index in [1.54, 1.807) is 0 Å². The summed E-state index contributed by atoms with van der Waals surface area (Å²) in [4.78, 5) is 10.9. The molecule has 0 saturated heterocycles. The molecule has 0 aliphatic rings. The highest BCUT2D eigenvalue weighted by atomic mass is 35.6. The first kappa shape index (κ1) is 18.7. The number of hydrogen-bond donors (Lipinski definition) is 0. The molecular weight excluding hydrogens is 365 g/mol. The number of alkyl halides is 4. The lowest BCUT2D eigenvalue weighted by Crippen LogP contribution is -2.07. The Bertz CT molecular complexity index is 334. The third-order valence-corrected chi connectivity index (χ3v) is 3.67. The molecule has 0 amide bonds. The van der Waals surface area contributed by atoms with Crippen LogP contribution in [0.15, 0.2) is 22.9 Å². The molecule has 0 aromatic heterocycles. The minimum Gasteiger partial charge on any atom is -0.410 e. The second-order valence-corrected chi connectivity index (χ2v) is 7.02. The Balaban J connectivity index is 4.31. The first-order chi connectivity index (χ1) is 8.17. The molecule has 8 heteroatoms. The third kappa shape index (κ3) is 8.73. The van der Waals surface area contributed by atoms with Crippen LogP contribution in [0.25, 0.3) is 0 Å². The summed E-state index contributed by atoms with van der Waals surface area (Å²) >= 11 is 34.2. The molecular formula is C10H10Cl6O2. The highest BCUT2D eigenvalue weighted by Crippen LogP contribution is 2.34. The van der Waals surface area contributed by atoms with Gasteiger partial charge < -0.3 is 4.74 Å². The van der Waals surface area contributed by atoms with Crippen molar-refractivity contribution in [3.05, 3.63) is 22.9 Å². The summed E-state index contributed by atoms with van der Waals surface area (Å²) in [6.07, 6.45) is 2.24. The highest BCUT2D eigenvalue weighted by molar-refractivity contribution is 6.67. The van der Waals surface area contributed by atoms with Gasteiger partial charge in [0.15, 0.2) is 3.79 Å². The van der Waals surface area contributed by atoms with Crippen LogP contribution in [0.1, 0.15) is 19.3 Å². The van der Waals surface area contributed by atoms with E-state index in [0.717, 1.165) is 6.08 Å². The predicted octanol–water partition coefficient (Wildman–Crippen LogP) is 5.51. The second kappa shape index (κ2) is 8.78. The lowest BCUT2D eigenvalue weighted by molar-refractivity contribution is -0.132. The fraction of sp³-hybridized carbons (Fsp3) is 0.500. The minimum atomic E-state index is -1.33. The van der Waals surface area contributed by atoms with Crippen molar-refractivity contribution in [2.45, 2.75) is 28.4 Å². The van der Waals surface area contributed by atoms with E-state index in [9.17, 15) is 4.79 Å². The smallest absolute Gasteiger partial charge is 0.336 e. The van der Waals surface area contributed by atoms with Gasteiger partial charge in [-0.15, -0.1) is 11.6 Å². The molecule has 0 aliphatic carbocycles. The molecule has 0 aliphatic heterocycles. The minimum absolute atomic E-state index is 0.0258. The Morgan fingerprint density at radius 2 is 1.89 bits per heavy atom. The molecule has 0 aromatic carbocycles. The van der Waals surface area contributed by atoms with Gasteiger partial charge in [0, 0.05) is 6.08 Å². The summed E-state index contributed by atoms with van der Waals surface area (Å²) in [6, 6.07) is 0. The van der Waals surface area contributed by atoms with Crippen LogP contribution in [-0.2, 0) is 9.53 Å². The van der Waals surface area contributed by atoms with E-state index >= 15 is 0 Å². The molecule has 0 radical (unpaired) electrons. The number of carbonyl (C=O) groups is 1. The maximum atomic E-state index is 10.9. The van der Waals surface area contributed by atoms with Gasteiger partial charge in [-0.2, -0.15) is 0 Å². The second-order valence-electron chi connectivity index (χ2n) is 3.22. The van der Waals surface area contributed by atoms with Crippen molar-refractivity contribution in [3.63, 3.8) is 0 Å². The molecule has 0 heterocycles. The van der Waals surface area contributed by atoms with Gasteiger partial charge in [-0.25, -0.2) is 4.79 Å². The van der Waals surface area contributed by atoms with Crippen molar-refractivity contribution < 1.29 is 9.53 Å². The molecule has 104 valence electrons. The molecule has 0 bridgehead atoms. The fourth-order valence-corrected chi connectivity index (χ4v) is 1.98. The summed E-state index contributed by atoms with van der Waals surface area (Å²) in [6.45, 7) is 3.22. The van der Waals surface area contributed by atoms with Crippen molar-refractivity contribution >= 4 is 75.6 Å². The van der Waals surface area contributed by atoms with Crippen LogP contribution in [-0.4, -0.2) is 15.1 Å². The van der Waals surface area contributed by atoms with E-state index in [4.69, 9.17) is 69.6 Å². The van der Waals surface area contributed by atoms with Gasteiger partial charge in [0.25, 0.3) is 0 Å². The molecule has 0 fully saturated rings. The lowest BCUT2D eigenvalue weighted by atomic mass is 10.2. The first-order valence-electron chi connectivity index (χ1n) is 4.77. The molecule has 0 aromatic rings. The summed E-state index contributed by atoms with van der Waals surface area (Å²) < 4.78 is 3.30. The van der Waals surface area contributed by atoms with Gasteiger partial charge in [0.1, 0.15) is 0 Å². The Kier molecular flexibility index (Phi) is 9.12. The summed E-state index contributed by atoms with van der Waals surface area (Å²) in [5.41, 5.74) is 0. The maximum Gasteiger partial charge on any atom is 0.336 e. The van der Waals surface area contributed by atoms with Gasteiger partial charge in [-0.05, 0) is 30.9 Å². The molecule has 1 unspecified atom stereocenters. The van der Waals surface area contributed by atoms with E-state index in [-0.39, 0.29) is 10.3 Å². The van der Waals surface area contributed by atoms with E-state index in [1.165, 1.54) is 0 Å². The molecule has 2 nitrogen and oxygen atoms in total. The average Bonchev–Trinajstić information content (AvgIpc) is 2.25. The Morgan fingerprint density at radius 1 is 1.33 bits per heavy atom. The van der Waals surface area contributed by atoms with Crippen LogP contribution >= 0.6 is 69.6 Å². The van der Waals surface area contributed by atoms with Crippen molar-refractivity contribution in [3.8, 4) is 0 Å². The maximum absolute atomic E-state index is 10.9. The topological polar surface area (TPSA) is 26.3 Å². The van der Waals surface area contributed by atoms with Gasteiger partial charge >= 0.3 is 5.97 Å². The van der Waals surface area contributed by atoms with E-state index in [1.807, 2.05) is 0 Å². The molecule has 0 N–H and O–H groups in total. The van der Waals surface area contributed by atoms with Gasteiger partial charge in [-0.3, -0.25) is 0 Å². The Morgan fingerprint density at radius 3 is 2.33 bits per heavy atom. The lowest BCUT2D eigenvalue weighted by Gasteiger charge is -2.13. The number of allylic oxidation sites excluding steroid dienone is 1. The summed E-state index contributed by atoms with van der Waals surface area (Å²) in [5.74, 6) is -0.719. The van der Waals surface area contributed by atoms with Crippen LogP contribution in [0, 0.1) is 0 Å². The number of carbonyl (C=O) groups excluding carboxylic acids is 1. The van der Waals surface area contributed by atoms with Crippen LogP contribution in [0.2, 0.25) is 0 Å². The number of hydrogen-bond acceptors (Lipinski definition) is 2. The van der Waals surface area contributed by atoms with E-state index in [0.29, 0.717) is 19.3 Å². The molecule has 0 saturated carbocycles. The zero-order chi connectivity index (χ0) is 14.3. The van der Waals surface area contributed by atoms with Crippen LogP contribution in [0.5, 0.6) is 0 Å². The monoisotopic (exact) mass is 372 g/mol. The largest absolute Gasteiger partial charge is 0.410 e. The SMILES string of the molecule is C=CC(=O)OC(Cl)=C(Cl)C(Cl)CCCC(Cl)(Cl)Cl. The number of halogens is 6. The zero-order valence-electron chi connectivity index (χ0n) is 9.07. The van der Waals surface area contributed by atoms with E-state index < -0.39 is 15.1 Å². The number of esters is 1. The summed E-state index contributed by atoms with van der Waals surface area (Å²) in [5, 5.41) is -0.877. The van der Waals surface area contributed by atoms with Crippen molar-refractivity contribution in [2.24, 2.45) is 0 Å². The Labute approximate surface area is 136 Å². The average molecular weight is 375 g/mol. The van der Waals surface area contributed by atoms with Crippen molar-refractivity contribution in [1.29, 1.82) is 0 Å². The van der Waals surface area contributed by atoms with Gasteiger partial charge in [0.2, 0.25) is 5.22 Å². The van der Waals surface area contributed by atoms with Gasteiger partial charge in [-0.1, -0.05) is 53.0 Å². The van der Waals surface area contributed by atoms with Crippen LogP contribution < -0.4 is 0 Å². The van der Waals surface area contributed by atoms with Crippen LogP contribution in [0.3, 0.4) is 0 Å². The standard InChI is InChI=1S/C10H10Cl6O2/c1-2-7(17)18-9(13)8(12)6(11)4-3-5-10(14,15)16/h2,6H,1,3-5H2. The third-order valence-electron chi connectivity index (χ3n) is 1.74.